The van der Waals surface area contributed by atoms with Crippen molar-refractivity contribution in [3.8, 4) is 5.75 Å². The maximum Gasteiger partial charge on any atom is 0.273 e. The van der Waals surface area contributed by atoms with Crippen LogP contribution in [0.5, 0.6) is 5.75 Å². The summed E-state index contributed by atoms with van der Waals surface area (Å²) in [6.07, 6.45) is 0. The molecule has 19 heavy (non-hydrogen) atoms. The van der Waals surface area contributed by atoms with Crippen LogP contribution in [0.1, 0.15) is 5.82 Å². The monoisotopic (exact) mass is 262 g/mol. The number of rotatable bonds is 4. The maximum atomic E-state index is 10.6. The first kappa shape index (κ1) is 12.5. The van der Waals surface area contributed by atoms with E-state index in [-0.39, 0.29) is 30.0 Å². The number of nitrogens with two attached hydrogens (primary N) is 2. The zero-order valence-corrected chi connectivity index (χ0v) is 9.68. The zero-order valence-electron chi connectivity index (χ0n) is 9.68. The SMILES string of the molecule is Nc1nc(N)nc(COc2cccc([N+](=O)[O-])c2)n1. The van der Waals surface area contributed by atoms with Crippen LogP contribution in [0.3, 0.4) is 0 Å². The topological polar surface area (TPSA) is 143 Å². The minimum Gasteiger partial charge on any atom is -0.485 e. The molecule has 9 nitrogen and oxygen atoms in total. The van der Waals surface area contributed by atoms with Crippen LogP contribution in [0.4, 0.5) is 17.6 Å². The fourth-order valence-corrected chi connectivity index (χ4v) is 1.36. The molecule has 9 heteroatoms. The summed E-state index contributed by atoms with van der Waals surface area (Å²) in [7, 11) is 0. The van der Waals surface area contributed by atoms with Crippen LogP contribution >= 0.6 is 0 Å². The molecule has 98 valence electrons. The Kier molecular flexibility index (Phi) is 3.37. The Morgan fingerprint density at radius 3 is 2.53 bits per heavy atom. The standard InChI is InChI=1S/C10H10N6O3/c11-9-13-8(14-10(12)15-9)5-19-7-3-1-2-6(4-7)16(17)18/h1-4H,5H2,(H4,11,12,13,14,15). The highest BCUT2D eigenvalue weighted by molar-refractivity contribution is 5.38. The van der Waals surface area contributed by atoms with E-state index in [1.807, 2.05) is 0 Å². The summed E-state index contributed by atoms with van der Waals surface area (Å²) in [5.41, 5.74) is 10.7. The van der Waals surface area contributed by atoms with Crippen LogP contribution in [-0.4, -0.2) is 19.9 Å². The highest BCUT2D eigenvalue weighted by Gasteiger charge is 2.07. The number of hydrogen-bond acceptors (Lipinski definition) is 8. The molecule has 1 heterocycles. The van der Waals surface area contributed by atoms with Crippen molar-refractivity contribution in [3.05, 3.63) is 40.2 Å². The second-order valence-electron chi connectivity index (χ2n) is 3.51. The Morgan fingerprint density at radius 1 is 1.21 bits per heavy atom. The lowest BCUT2D eigenvalue weighted by molar-refractivity contribution is -0.384. The molecule has 0 aliphatic heterocycles. The molecule has 2 aromatic rings. The summed E-state index contributed by atoms with van der Waals surface area (Å²) in [5.74, 6) is 0.554. The third-order valence-electron chi connectivity index (χ3n) is 2.11. The van der Waals surface area contributed by atoms with E-state index in [0.29, 0.717) is 5.75 Å². The molecule has 0 unspecified atom stereocenters. The van der Waals surface area contributed by atoms with Crippen LogP contribution in [0, 0.1) is 10.1 Å². The molecule has 0 aliphatic carbocycles. The number of ether oxygens (including phenoxy) is 1. The van der Waals surface area contributed by atoms with Gasteiger partial charge >= 0.3 is 0 Å². The maximum absolute atomic E-state index is 10.6. The Bertz CT molecular complexity index is 598. The van der Waals surface area contributed by atoms with Gasteiger partial charge in [-0.1, -0.05) is 6.07 Å². The summed E-state index contributed by atoms with van der Waals surface area (Å²) in [6.45, 7) is -0.0158. The van der Waals surface area contributed by atoms with Gasteiger partial charge < -0.3 is 16.2 Å². The quantitative estimate of drug-likeness (QED) is 0.599. The van der Waals surface area contributed by atoms with Crippen LogP contribution in [0.25, 0.3) is 0 Å². The van der Waals surface area contributed by atoms with E-state index in [4.69, 9.17) is 16.2 Å². The molecule has 0 radical (unpaired) electrons. The summed E-state index contributed by atoms with van der Waals surface area (Å²) in [5, 5.41) is 10.6. The van der Waals surface area contributed by atoms with Crippen molar-refractivity contribution in [2.75, 3.05) is 11.5 Å². The third-order valence-corrected chi connectivity index (χ3v) is 2.11. The molecule has 1 aromatic heterocycles. The second-order valence-corrected chi connectivity index (χ2v) is 3.51. The minimum absolute atomic E-state index is 0.00913. The lowest BCUT2D eigenvalue weighted by Crippen LogP contribution is -2.09. The highest BCUT2D eigenvalue weighted by Crippen LogP contribution is 2.19. The fraction of sp³-hybridized carbons (Fsp3) is 0.100. The second kappa shape index (κ2) is 5.12. The predicted octanol–water partition coefficient (Wildman–Crippen LogP) is 0.523. The first-order valence-electron chi connectivity index (χ1n) is 5.18. The van der Waals surface area contributed by atoms with Gasteiger partial charge in [0.1, 0.15) is 12.4 Å². The van der Waals surface area contributed by atoms with E-state index in [0.717, 1.165) is 0 Å². The Labute approximate surface area is 107 Å². The number of aromatic nitrogens is 3. The summed E-state index contributed by atoms with van der Waals surface area (Å²) in [6, 6.07) is 5.77. The van der Waals surface area contributed by atoms with Crippen molar-refractivity contribution < 1.29 is 9.66 Å². The molecular formula is C10H10N6O3. The van der Waals surface area contributed by atoms with Gasteiger partial charge in [-0.25, -0.2) is 0 Å². The first-order valence-corrected chi connectivity index (χ1v) is 5.18. The fourth-order valence-electron chi connectivity index (χ4n) is 1.36. The number of non-ortho nitro benzene ring substituents is 1. The lowest BCUT2D eigenvalue weighted by atomic mass is 10.3. The van der Waals surface area contributed by atoms with E-state index in [9.17, 15) is 10.1 Å². The molecule has 0 aliphatic rings. The van der Waals surface area contributed by atoms with Crippen LogP contribution in [-0.2, 0) is 6.61 Å². The average Bonchev–Trinajstić information content (AvgIpc) is 2.35. The molecule has 0 amide bonds. The molecule has 0 atom stereocenters. The molecular weight excluding hydrogens is 252 g/mol. The van der Waals surface area contributed by atoms with Crippen molar-refractivity contribution in [3.63, 3.8) is 0 Å². The Morgan fingerprint density at radius 2 is 1.89 bits per heavy atom. The van der Waals surface area contributed by atoms with E-state index < -0.39 is 4.92 Å². The largest absolute Gasteiger partial charge is 0.485 e. The van der Waals surface area contributed by atoms with Gasteiger partial charge in [-0.15, -0.1) is 0 Å². The molecule has 0 bridgehead atoms. The molecule has 0 saturated carbocycles. The van der Waals surface area contributed by atoms with Crippen molar-refractivity contribution >= 4 is 17.6 Å². The van der Waals surface area contributed by atoms with Crippen molar-refractivity contribution in [1.29, 1.82) is 0 Å². The van der Waals surface area contributed by atoms with Gasteiger partial charge in [-0.2, -0.15) is 15.0 Å². The molecule has 0 spiro atoms. The van der Waals surface area contributed by atoms with Gasteiger partial charge in [0.2, 0.25) is 11.9 Å². The predicted molar refractivity (Wildman–Crippen MR) is 66.1 cm³/mol. The van der Waals surface area contributed by atoms with Crippen molar-refractivity contribution in [1.82, 2.24) is 15.0 Å². The highest BCUT2D eigenvalue weighted by atomic mass is 16.6. The summed E-state index contributed by atoms with van der Waals surface area (Å²) in [4.78, 5) is 21.4. The van der Waals surface area contributed by atoms with Crippen molar-refractivity contribution in [2.45, 2.75) is 6.61 Å². The van der Waals surface area contributed by atoms with Crippen LogP contribution < -0.4 is 16.2 Å². The molecule has 0 saturated heterocycles. The van der Waals surface area contributed by atoms with E-state index >= 15 is 0 Å². The molecule has 2 rings (SSSR count). The average molecular weight is 262 g/mol. The van der Waals surface area contributed by atoms with E-state index in [1.54, 1.807) is 6.07 Å². The molecule has 1 aromatic carbocycles. The zero-order chi connectivity index (χ0) is 13.8. The van der Waals surface area contributed by atoms with Gasteiger partial charge in [-0.3, -0.25) is 10.1 Å². The smallest absolute Gasteiger partial charge is 0.273 e. The third kappa shape index (κ3) is 3.25. The van der Waals surface area contributed by atoms with Gasteiger partial charge in [0.15, 0.2) is 5.82 Å². The van der Waals surface area contributed by atoms with Crippen LogP contribution in [0.2, 0.25) is 0 Å². The number of nitro groups is 1. The number of nitrogens with zero attached hydrogens (tertiary/aromatic N) is 4. The number of hydrogen-bond donors (Lipinski definition) is 2. The van der Waals surface area contributed by atoms with E-state index in [2.05, 4.69) is 15.0 Å². The number of nitrogen functional groups attached to an aromatic ring is 2. The molecule has 4 N–H and O–H groups in total. The van der Waals surface area contributed by atoms with Gasteiger partial charge in [0.05, 0.1) is 11.0 Å². The summed E-state index contributed by atoms with van der Waals surface area (Å²) >= 11 is 0. The van der Waals surface area contributed by atoms with Gasteiger partial charge in [0.25, 0.3) is 5.69 Å². The minimum atomic E-state index is -0.508. The van der Waals surface area contributed by atoms with E-state index in [1.165, 1.54) is 18.2 Å². The van der Waals surface area contributed by atoms with Gasteiger partial charge in [0, 0.05) is 6.07 Å². The lowest BCUT2D eigenvalue weighted by Gasteiger charge is -2.05. The van der Waals surface area contributed by atoms with Gasteiger partial charge in [-0.05, 0) is 6.07 Å². The normalized spacial score (nSPS) is 10.1. The number of nitro benzene ring substituents is 1. The van der Waals surface area contributed by atoms with Crippen molar-refractivity contribution in [2.24, 2.45) is 0 Å². The molecule has 0 fully saturated rings. The Hall–Kier alpha value is -2.97. The van der Waals surface area contributed by atoms with Crippen LogP contribution in [0.15, 0.2) is 24.3 Å². The number of benzene rings is 1. The first-order chi connectivity index (χ1) is 9.04. The Balaban J connectivity index is 2.10. The summed E-state index contributed by atoms with van der Waals surface area (Å²) < 4.78 is 5.32. The number of anilines is 2.